The molecule has 1 radical (unpaired) electrons. The van der Waals surface area contributed by atoms with Crippen LogP contribution in [-0.4, -0.2) is 47.3 Å². The molecule has 2 aromatic carbocycles. The molecule has 1 unspecified atom stereocenters. The van der Waals surface area contributed by atoms with Crippen molar-refractivity contribution < 1.29 is 47.5 Å². The Morgan fingerprint density at radius 1 is 1.00 bits per heavy atom. The summed E-state index contributed by atoms with van der Waals surface area (Å²) in [4.78, 5) is 25.3. The largest absolute Gasteiger partial charge is 0.497 e. The Morgan fingerprint density at radius 2 is 1.69 bits per heavy atom. The third kappa shape index (κ3) is 4.81. The van der Waals surface area contributed by atoms with Crippen LogP contribution in [0.4, 0.5) is 4.79 Å². The molecule has 2 aliphatic heterocycles. The van der Waals surface area contributed by atoms with E-state index in [1.807, 2.05) is 0 Å². The molecule has 0 aliphatic carbocycles. The van der Waals surface area contributed by atoms with Crippen molar-refractivity contribution in [2.45, 2.75) is 12.2 Å². The second kappa shape index (κ2) is 10.4. The molecule has 36 heavy (non-hydrogen) atoms. The van der Waals surface area contributed by atoms with Crippen LogP contribution in [-0.2, 0) is 35.9 Å². The molecule has 2 aromatic rings. The zero-order valence-electron chi connectivity index (χ0n) is 20.1. The summed E-state index contributed by atoms with van der Waals surface area (Å²) in [5.74, 6) is -0.842. The molecule has 0 spiro atoms. The molecule has 4 rings (SSSR count). The smallest absolute Gasteiger partial charge is 0.440 e. The predicted octanol–water partition coefficient (Wildman–Crippen LogP) is 3.14. The Balaban J connectivity index is 1.73. The first-order valence-corrected chi connectivity index (χ1v) is 10.7. The predicted molar refractivity (Wildman–Crippen MR) is 122 cm³/mol. The Morgan fingerprint density at radius 3 is 2.25 bits per heavy atom. The maximum Gasteiger partial charge on any atom is 0.440 e. The number of benzene rings is 2. The van der Waals surface area contributed by atoms with Crippen molar-refractivity contribution in [2.24, 2.45) is 0 Å². The summed E-state index contributed by atoms with van der Waals surface area (Å²) in [5.41, 5.74) is 1.39. The molecule has 2 aliphatic rings. The summed E-state index contributed by atoms with van der Waals surface area (Å²) in [6.45, 7) is -0.0724. The zero-order chi connectivity index (χ0) is 25.7. The normalized spacial score (nSPS) is 18.2. The van der Waals surface area contributed by atoms with E-state index in [2.05, 4.69) is 5.32 Å². The van der Waals surface area contributed by atoms with Gasteiger partial charge in [-0.15, -0.1) is 5.32 Å². The first-order valence-electron chi connectivity index (χ1n) is 10.7. The molecule has 0 N–H and O–H groups in total. The van der Waals surface area contributed by atoms with Crippen molar-refractivity contribution in [3.05, 3.63) is 71.3 Å². The average Bonchev–Trinajstić information content (AvgIpc) is 3.50. The van der Waals surface area contributed by atoms with Gasteiger partial charge in [0.1, 0.15) is 12.0 Å². The first kappa shape index (κ1) is 24.6. The molecule has 189 valence electrons. The lowest BCUT2D eigenvalue weighted by Gasteiger charge is -2.30. The fourth-order valence-corrected chi connectivity index (χ4v) is 3.83. The van der Waals surface area contributed by atoms with E-state index in [9.17, 15) is 9.59 Å². The van der Waals surface area contributed by atoms with Gasteiger partial charge in [0.2, 0.25) is 12.5 Å². The molecule has 0 saturated heterocycles. The number of methoxy groups -OCH3 is 4. The van der Waals surface area contributed by atoms with E-state index in [0.29, 0.717) is 39.7 Å². The molecule has 0 aromatic heterocycles. The number of cyclic esters (lactones) is 1. The zero-order valence-corrected chi connectivity index (χ0v) is 20.1. The van der Waals surface area contributed by atoms with Gasteiger partial charge in [-0.2, -0.15) is 0 Å². The minimum atomic E-state index is -1.90. The van der Waals surface area contributed by atoms with E-state index in [-0.39, 0.29) is 19.1 Å². The molecular formula is C25H24NO10. The van der Waals surface area contributed by atoms with Gasteiger partial charge in [-0.05, 0) is 42.0 Å². The summed E-state index contributed by atoms with van der Waals surface area (Å²) >= 11 is 0. The van der Waals surface area contributed by atoms with Crippen LogP contribution >= 0.6 is 0 Å². The molecule has 2 heterocycles. The third-order valence-electron chi connectivity index (χ3n) is 5.44. The Kier molecular flexibility index (Phi) is 7.09. The second-order valence-electron chi connectivity index (χ2n) is 7.51. The van der Waals surface area contributed by atoms with Gasteiger partial charge >= 0.3 is 17.8 Å². The van der Waals surface area contributed by atoms with Crippen LogP contribution in [0, 0.1) is 0 Å². The number of nitrogens with zero attached hydrogens (tertiary/aromatic N) is 1. The number of esters is 1. The monoisotopic (exact) mass is 498 g/mol. The standard InChI is InChI=1S/C25H24NO10/c1-29-18-7-5-16(6-8-18)25(36-24(28)26-21-13-33-14-34-21)17(12-22(27)35-25)9-15-10-19(30-2)23(32-4)20(11-15)31-3/h5-8,10-13H,9,14H2,1-4H3. The summed E-state index contributed by atoms with van der Waals surface area (Å²) in [6.07, 6.45) is 1.53. The van der Waals surface area contributed by atoms with Crippen LogP contribution in [0.3, 0.4) is 0 Å². The van der Waals surface area contributed by atoms with Crippen LogP contribution in [0.25, 0.3) is 0 Å². The molecular weight excluding hydrogens is 474 g/mol. The molecule has 0 saturated carbocycles. The van der Waals surface area contributed by atoms with Crippen LogP contribution < -0.4 is 24.3 Å². The summed E-state index contributed by atoms with van der Waals surface area (Å²) in [5, 5.41) is 3.74. The maximum atomic E-state index is 12.8. The number of rotatable bonds is 9. The van der Waals surface area contributed by atoms with Crippen molar-refractivity contribution in [3.8, 4) is 23.0 Å². The maximum absolute atomic E-state index is 12.8. The number of carbonyl (C=O) groups excluding carboxylic acids is 2. The van der Waals surface area contributed by atoms with Crippen LogP contribution in [0.15, 0.2) is 60.2 Å². The van der Waals surface area contributed by atoms with Crippen molar-refractivity contribution in [2.75, 3.05) is 35.2 Å². The average molecular weight is 498 g/mol. The highest BCUT2D eigenvalue weighted by molar-refractivity contribution is 5.87. The summed E-state index contributed by atoms with van der Waals surface area (Å²) in [7, 11) is 6.01. The topological polar surface area (TPSA) is 122 Å². The van der Waals surface area contributed by atoms with Crippen LogP contribution in [0.1, 0.15) is 11.1 Å². The number of carbonyl (C=O) groups is 2. The quantitative estimate of drug-likeness (QED) is 0.477. The Hall–Kier alpha value is -4.54. The Bertz CT molecular complexity index is 1180. The molecule has 0 bridgehead atoms. The van der Waals surface area contributed by atoms with Crippen molar-refractivity contribution in [1.82, 2.24) is 5.32 Å². The Labute approximate surface area is 207 Å². The van der Waals surface area contributed by atoms with Crippen LogP contribution in [0.2, 0.25) is 0 Å². The highest BCUT2D eigenvalue weighted by Gasteiger charge is 2.49. The van der Waals surface area contributed by atoms with Gasteiger partial charge in [0.05, 0.1) is 28.4 Å². The lowest BCUT2D eigenvalue weighted by Crippen LogP contribution is -2.38. The highest BCUT2D eigenvalue weighted by Crippen LogP contribution is 2.44. The number of ether oxygens (including phenoxy) is 8. The van der Waals surface area contributed by atoms with Gasteiger partial charge in [-0.3, -0.25) is 0 Å². The molecule has 11 heteroatoms. The minimum Gasteiger partial charge on any atom is -0.497 e. The summed E-state index contributed by atoms with van der Waals surface area (Å²) < 4.78 is 42.8. The van der Waals surface area contributed by atoms with E-state index < -0.39 is 17.8 Å². The minimum absolute atomic E-state index is 0.0654. The fourth-order valence-electron chi connectivity index (χ4n) is 3.83. The number of hydrogen-bond donors (Lipinski definition) is 0. The molecule has 1 atom stereocenters. The van der Waals surface area contributed by atoms with Gasteiger partial charge < -0.3 is 37.9 Å². The van der Waals surface area contributed by atoms with Crippen molar-refractivity contribution in [3.63, 3.8) is 0 Å². The van der Waals surface area contributed by atoms with Gasteiger partial charge in [-0.25, -0.2) is 9.59 Å². The highest BCUT2D eigenvalue weighted by atomic mass is 16.7. The van der Waals surface area contributed by atoms with Gasteiger partial charge in [0.25, 0.3) is 5.88 Å². The molecule has 11 nitrogen and oxygen atoms in total. The van der Waals surface area contributed by atoms with Gasteiger partial charge in [0.15, 0.2) is 11.5 Å². The van der Waals surface area contributed by atoms with Crippen LogP contribution in [0.5, 0.6) is 23.0 Å². The fraction of sp³-hybridized carbons (Fsp3) is 0.280. The molecule has 1 amide bonds. The van der Waals surface area contributed by atoms with Gasteiger partial charge in [-0.1, -0.05) is 0 Å². The van der Waals surface area contributed by atoms with Crippen molar-refractivity contribution in [1.29, 1.82) is 0 Å². The van der Waals surface area contributed by atoms with Crippen molar-refractivity contribution >= 4 is 12.1 Å². The molecule has 0 fully saturated rings. The van der Waals surface area contributed by atoms with E-state index in [0.717, 1.165) is 0 Å². The van der Waals surface area contributed by atoms with Gasteiger partial charge in [0, 0.05) is 23.6 Å². The number of amides is 1. The lowest BCUT2D eigenvalue weighted by molar-refractivity contribution is -0.185. The third-order valence-corrected chi connectivity index (χ3v) is 5.44. The SMILES string of the molecule is COc1ccc(C2(OC(=O)[N]C3=COCO3)OC(=O)C=C2Cc2cc(OC)c(OC)c(OC)c2)cc1. The lowest BCUT2D eigenvalue weighted by atomic mass is 9.92. The van der Waals surface area contributed by atoms with E-state index in [4.69, 9.17) is 37.9 Å². The first-order chi connectivity index (χ1) is 17.4. The van der Waals surface area contributed by atoms with E-state index in [1.165, 1.54) is 40.8 Å². The second-order valence-corrected chi connectivity index (χ2v) is 7.51. The number of hydrogen-bond acceptors (Lipinski definition) is 10. The summed E-state index contributed by atoms with van der Waals surface area (Å²) in [6, 6.07) is 10.0. The van der Waals surface area contributed by atoms with E-state index >= 15 is 0 Å². The van der Waals surface area contributed by atoms with E-state index in [1.54, 1.807) is 36.4 Å².